The summed E-state index contributed by atoms with van der Waals surface area (Å²) in [7, 11) is 0. The topological polar surface area (TPSA) is 166 Å². The molecule has 11 nitrogen and oxygen atoms in total. The Morgan fingerprint density at radius 2 is 1.42 bits per heavy atom. The predicted molar refractivity (Wildman–Crippen MR) is 110 cm³/mol. The van der Waals surface area contributed by atoms with E-state index in [1.165, 1.54) is 0 Å². The zero-order valence-corrected chi connectivity index (χ0v) is 17.1. The minimum Gasteiger partial charge on any atom is -0.502 e. The van der Waals surface area contributed by atoms with E-state index in [1.54, 1.807) is 30.3 Å². The van der Waals surface area contributed by atoms with E-state index in [0.717, 1.165) is 30.2 Å². The van der Waals surface area contributed by atoms with E-state index in [0.29, 0.717) is 0 Å². The summed E-state index contributed by atoms with van der Waals surface area (Å²) in [6.07, 6.45) is 0.725. The first-order valence-electron chi connectivity index (χ1n) is 9.57. The van der Waals surface area contributed by atoms with E-state index in [-0.39, 0.29) is 17.9 Å². The Kier molecular flexibility index (Phi) is 7.47. The first kappa shape index (κ1) is 23.1. The van der Waals surface area contributed by atoms with Crippen molar-refractivity contribution in [1.29, 1.82) is 0 Å². The number of alkyl carbamates (subject to hydrolysis) is 1. The second kappa shape index (κ2) is 10.7. The van der Waals surface area contributed by atoms with Crippen molar-refractivity contribution in [2.24, 2.45) is 0 Å². The molecule has 3 N–H and O–H groups in total. The van der Waals surface area contributed by atoms with Crippen LogP contribution in [0.5, 0.6) is 11.5 Å². The van der Waals surface area contributed by atoms with Gasteiger partial charge in [0.25, 0.3) is 0 Å². The van der Waals surface area contributed by atoms with E-state index >= 15 is 0 Å². The van der Waals surface area contributed by atoms with E-state index in [9.17, 15) is 29.4 Å². The molecule has 0 bridgehead atoms. The van der Waals surface area contributed by atoms with E-state index in [1.807, 2.05) is 0 Å². The number of amides is 1. The van der Waals surface area contributed by atoms with Crippen molar-refractivity contribution in [3.05, 3.63) is 92.5 Å². The fraction of sp³-hybridized carbons (Fsp3) is 0.182. The van der Waals surface area contributed by atoms with Crippen LogP contribution in [-0.2, 0) is 33.9 Å². The number of aromatic hydroxyl groups is 2. The number of carbonyl (C=O) groups excluding carboxylic acids is 2. The maximum atomic E-state index is 12.6. The minimum atomic E-state index is -1.16. The largest absolute Gasteiger partial charge is 0.502 e. The molecule has 33 heavy (non-hydrogen) atoms. The van der Waals surface area contributed by atoms with Crippen LogP contribution in [0, 0.1) is 0 Å². The van der Waals surface area contributed by atoms with Crippen LogP contribution in [0.15, 0.2) is 73.4 Å². The quantitative estimate of drug-likeness (QED) is 0.423. The number of ether oxygens (including phenoxy) is 2. The van der Waals surface area contributed by atoms with Crippen molar-refractivity contribution in [2.45, 2.75) is 25.7 Å². The molecule has 0 saturated carbocycles. The number of rotatable bonds is 8. The fourth-order valence-electron chi connectivity index (χ4n) is 2.65. The molecule has 1 aromatic carbocycles. The maximum Gasteiger partial charge on any atom is 0.408 e. The molecule has 0 aliphatic heterocycles. The Hall–Kier alpha value is -4.54. The average Bonchev–Trinajstić information content (AvgIpc) is 2.80. The second-order valence-electron chi connectivity index (χ2n) is 6.76. The summed E-state index contributed by atoms with van der Waals surface area (Å²) in [5.74, 6) is -2.02. The van der Waals surface area contributed by atoms with Crippen LogP contribution in [0.3, 0.4) is 0 Å². The summed E-state index contributed by atoms with van der Waals surface area (Å²) in [6, 6.07) is 9.58. The highest BCUT2D eigenvalue weighted by Gasteiger charge is 2.24. The molecule has 0 fully saturated rings. The molecule has 2 heterocycles. The van der Waals surface area contributed by atoms with Crippen LogP contribution in [0.4, 0.5) is 4.79 Å². The molecule has 11 heteroatoms. The van der Waals surface area contributed by atoms with Gasteiger partial charge in [0.15, 0.2) is 18.1 Å². The van der Waals surface area contributed by atoms with Gasteiger partial charge >= 0.3 is 12.1 Å². The molecule has 1 atom stereocenters. The molecule has 3 rings (SSSR count). The maximum absolute atomic E-state index is 12.6. The number of esters is 1. The highest BCUT2D eigenvalue weighted by Crippen LogP contribution is 2.10. The smallest absolute Gasteiger partial charge is 0.408 e. The third-order valence-corrected chi connectivity index (χ3v) is 4.29. The Bertz CT molecular complexity index is 1230. The van der Waals surface area contributed by atoms with Gasteiger partial charge in [0, 0.05) is 18.6 Å². The molecule has 0 aliphatic carbocycles. The number of nitrogens with one attached hydrogen (secondary N) is 1. The molecule has 3 aromatic rings. The number of hydrogen-bond donors (Lipinski definition) is 3. The van der Waals surface area contributed by atoms with E-state index in [4.69, 9.17) is 18.3 Å². The second-order valence-corrected chi connectivity index (χ2v) is 6.76. The lowest BCUT2D eigenvalue weighted by atomic mass is 10.1. The Morgan fingerprint density at radius 1 is 0.879 bits per heavy atom. The molecule has 0 unspecified atom stereocenters. The van der Waals surface area contributed by atoms with Crippen molar-refractivity contribution in [1.82, 2.24) is 5.32 Å². The van der Waals surface area contributed by atoms with Gasteiger partial charge in [-0.05, 0) is 5.56 Å². The zero-order chi connectivity index (χ0) is 23.8. The van der Waals surface area contributed by atoms with Crippen molar-refractivity contribution in [3.8, 4) is 11.5 Å². The minimum absolute atomic E-state index is 0.00505. The van der Waals surface area contributed by atoms with Crippen LogP contribution in [0.2, 0.25) is 0 Å². The summed E-state index contributed by atoms with van der Waals surface area (Å²) in [5, 5.41) is 20.8. The molecular weight excluding hydrogens is 438 g/mol. The lowest BCUT2D eigenvalue weighted by Crippen LogP contribution is -2.43. The number of benzene rings is 1. The third kappa shape index (κ3) is 6.72. The van der Waals surface area contributed by atoms with Crippen LogP contribution >= 0.6 is 0 Å². The van der Waals surface area contributed by atoms with Gasteiger partial charge in [-0.1, -0.05) is 30.3 Å². The van der Waals surface area contributed by atoms with Crippen LogP contribution in [0.1, 0.15) is 17.1 Å². The Morgan fingerprint density at radius 3 is 1.97 bits per heavy atom. The average molecular weight is 457 g/mol. The Labute approximate surface area is 185 Å². The normalized spacial score (nSPS) is 11.4. The van der Waals surface area contributed by atoms with Crippen molar-refractivity contribution in [2.75, 3.05) is 0 Å². The predicted octanol–water partition coefficient (Wildman–Crippen LogP) is 1.59. The SMILES string of the molecule is O=C(N[C@@H](Cc1ccccc1)C(=O)OCc1cc(=O)c(O)co1)OCc1cc(=O)c(O)co1. The molecule has 0 saturated heterocycles. The molecule has 0 radical (unpaired) electrons. The first-order valence-corrected chi connectivity index (χ1v) is 9.57. The van der Waals surface area contributed by atoms with Crippen molar-refractivity contribution in [3.63, 3.8) is 0 Å². The molecular formula is C22H19NO10. The summed E-state index contributed by atoms with van der Waals surface area (Å²) >= 11 is 0. The van der Waals surface area contributed by atoms with E-state index < -0.39 is 53.7 Å². The van der Waals surface area contributed by atoms with Crippen LogP contribution in [0.25, 0.3) is 0 Å². The summed E-state index contributed by atoms with van der Waals surface area (Å²) in [6.45, 7) is -0.831. The van der Waals surface area contributed by atoms with Gasteiger partial charge in [-0.3, -0.25) is 9.59 Å². The van der Waals surface area contributed by atoms with Gasteiger partial charge in [0.05, 0.1) is 0 Å². The summed E-state index contributed by atoms with van der Waals surface area (Å²) in [4.78, 5) is 47.7. The molecule has 172 valence electrons. The summed E-state index contributed by atoms with van der Waals surface area (Å²) in [5.41, 5.74) is -0.678. The fourth-order valence-corrected chi connectivity index (χ4v) is 2.65. The van der Waals surface area contributed by atoms with Crippen molar-refractivity contribution < 1.29 is 38.1 Å². The lowest BCUT2D eigenvalue weighted by Gasteiger charge is -2.17. The van der Waals surface area contributed by atoms with Gasteiger partial charge < -0.3 is 33.8 Å². The monoisotopic (exact) mass is 457 g/mol. The highest BCUT2D eigenvalue weighted by molar-refractivity contribution is 5.81. The molecule has 2 aromatic heterocycles. The van der Waals surface area contributed by atoms with Gasteiger partial charge in [-0.15, -0.1) is 0 Å². The Balaban J connectivity index is 1.64. The van der Waals surface area contributed by atoms with E-state index in [2.05, 4.69) is 5.32 Å². The van der Waals surface area contributed by atoms with Gasteiger partial charge in [-0.2, -0.15) is 0 Å². The lowest BCUT2D eigenvalue weighted by molar-refractivity contribution is -0.148. The first-order chi connectivity index (χ1) is 15.8. The molecule has 0 spiro atoms. The van der Waals surface area contributed by atoms with Gasteiger partial charge in [0.1, 0.15) is 36.7 Å². The van der Waals surface area contributed by atoms with Crippen LogP contribution < -0.4 is 16.2 Å². The standard InChI is InChI=1S/C22H19NO10/c24-17-7-14(30-11-19(17)26)9-32-21(28)16(6-13-4-2-1-3-5-13)23-22(29)33-10-15-8-18(25)20(27)12-31-15/h1-5,7-8,11-12,16,26-27H,6,9-10H2,(H,23,29)/t16-/m0/s1. The zero-order valence-electron chi connectivity index (χ0n) is 17.1. The summed E-state index contributed by atoms with van der Waals surface area (Å²) < 4.78 is 20.0. The molecule has 1 amide bonds. The van der Waals surface area contributed by atoms with Gasteiger partial charge in [-0.25, -0.2) is 9.59 Å². The third-order valence-electron chi connectivity index (χ3n) is 4.29. The van der Waals surface area contributed by atoms with Crippen molar-refractivity contribution >= 4 is 12.1 Å². The van der Waals surface area contributed by atoms with Crippen LogP contribution in [-0.4, -0.2) is 28.3 Å². The van der Waals surface area contributed by atoms with Gasteiger partial charge in [0.2, 0.25) is 10.9 Å². The number of carbonyl (C=O) groups is 2. The highest BCUT2D eigenvalue weighted by atomic mass is 16.6. The molecule has 0 aliphatic rings. The number of hydrogen-bond acceptors (Lipinski definition) is 10.